The van der Waals surface area contributed by atoms with Crippen LogP contribution in [0.2, 0.25) is 0 Å². The van der Waals surface area contributed by atoms with Crippen LogP contribution in [0.5, 0.6) is 0 Å². The van der Waals surface area contributed by atoms with E-state index in [1.807, 2.05) is 6.92 Å². The maximum Gasteiger partial charge on any atom is 0.341 e. The van der Waals surface area contributed by atoms with Crippen molar-refractivity contribution in [2.45, 2.75) is 46.0 Å². The van der Waals surface area contributed by atoms with Crippen molar-refractivity contribution in [2.75, 3.05) is 6.61 Å². The smallest absolute Gasteiger partial charge is 0.341 e. The van der Waals surface area contributed by atoms with Crippen LogP contribution in [0.3, 0.4) is 0 Å². The fourth-order valence-electron chi connectivity index (χ4n) is 1.21. The zero-order valence-electron chi connectivity index (χ0n) is 10.5. The first kappa shape index (κ1) is 15.5. The second kappa shape index (κ2) is 9.67. The lowest BCUT2D eigenvalue weighted by molar-refractivity contribution is -0.139. The number of aliphatic carboxylic acids is 1. The van der Waals surface area contributed by atoms with Crippen molar-refractivity contribution in [1.82, 2.24) is 0 Å². The summed E-state index contributed by atoms with van der Waals surface area (Å²) in [5.41, 5.74) is 3.34. The minimum absolute atomic E-state index is 0.0539. The van der Waals surface area contributed by atoms with Crippen LogP contribution in [0.1, 0.15) is 46.0 Å². The summed E-state index contributed by atoms with van der Waals surface area (Å²) < 4.78 is 4.89. The third-order valence-corrected chi connectivity index (χ3v) is 2.05. The molecule has 0 aliphatic carbocycles. The number of hydrogen-bond donors (Lipinski definition) is 1. The van der Waals surface area contributed by atoms with Crippen molar-refractivity contribution in [3.8, 4) is 0 Å². The molecule has 96 valence electrons. The SMILES string of the molecule is CCCC=C=C(CCCC(=O)O)C(=O)OCC. The number of unbranched alkanes of at least 4 members (excludes halogenated alkanes) is 1. The summed E-state index contributed by atoms with van der Waals surface area (Å²) in [6.07, 6.45) is 4.51. The molecule has 0 fully saturated rings. The van der Waals surface area contributed by atoms with Crippen LogP contribution < -0.4 is 0 Å². The van der Waals surface area contributed by atoms with Gasteiger partial charge in [-0.05, 0) is 32.3 Å². The standard InChI is InChI=1S/C13H20O4/c1-3-5-6-8-11(13(16)17-4-2)9-7-10-12(14)15/h6H,3-5,7,9-10H2,1-2H3,(H,14,15). The number of carbonyl (C=O) groups excluding carboxylic acids is 1. The lowest BCUT2D eigenvalue weighted by atomic mass is 10.1. The van der Waals surface area contributed by atoms with Gasteiger partial charge in [0.15, 0.2) is 0 Å². The fourth-order valence-corrected chi connectivity index (χ4v) is 1.21. The van der Waals surface area contributed by atoms with E-state index < -0.39 is 11.9 Å². The fraction of sp³-hybridized carbons (Fsp3) is 0.615. The van der Waals surface area contributed by atoms with Crippen molar-refractivity contribution in [3.63, 3.8) is 0 Å². The summed E-state index contributed by atoms with van der Waals surface area (Å²) in [6, 6.07) is 0. The molecule has 4 heteroatoms. The van der Waals surface area contributed by atoms with E-state index >= 15 is 0 Å². The maximum absolute atomic E-state index is 11.5. The van der Waals surface area contributed by atoms with Gasteiger partial charge in [0, 0.05) is 6.42 Å². The summed E-state index contributed by atoms with van der Waals surface area (Å²) in [7, 11) is 0. The zero-order chi connectivity index (χ0) is 13.1. The molecule has 4 nitrogen and oxygen atoms in total. The van der Waals surface area contributed by atoms with Crippen molar-refractivity contribution < 1.29 is 19.4 Å². The third-order valence-electron chi connectivity index (χ3n) is 2.05. The van der Waals surface area contributed by atoms with Crippen molar-refractivity contribution in [2.24, 2.45) is 0 Å². The molecule has 0 aromatic carbocycles. The van der Waals surface area contributed by atoms with Gasteiger partial charge in [-0.25, -0.2) is 4.79 Å². The molecule has 0 aliphatic heterocycles. The van der Waals surface area contributed by atoms with Gasteiger partial charge in [0.25, 0.3) is 0 Å². The molecule has 0 aromatic rings. The highest BCUT2D eigenvalue weighted by Crippen LogP contribution is 2.09. The van der Waals surface area contributed by atoms with Gasteiger partial charge in [0.05, 0.1) is 12.2 Å². The van der Waals surface area contributed by atoms with Gasteiger partial charge in [-0.15, -0.1) is 5.73 Å². The predicted molar refractivity (Wildman–Crippen MR) is 64.6 cm³/mol. The molecule has 0 bridgehead atoms. The second-order valence-electron chi connectivity index (χ2n) is 3.58. The molecule has 0 saturated heterocycles. The summed E-state index contributed by atoms with van der Waals surface area (Å²) in [5, 5.41) is 8.53. The van der Waals surface area contributed by atoms with E-state index in [-0.39, 0.29) is 6.42 Å². The number of carboxylic acid groups (broad SMARTS) is 1. The number of rotatable bonds is 8. The van der Waals surface area contributed by atoms with Gasteiger partial charge < -0.3 is 9.84 Å². The molecule has 1 N–H and O–H groups in total. The number of hydrogen-bond acceptors (Lipinski definition) is 3. The summed E-state index contributed by atoms with van der Waals surface area (Å²) in [6.45, 7) is 4.09. The van der Waals surface area contributed by atoms with Gasteiger partial charge in [0.2, 0.25) is 0 Å². The van der Waals surface area contributed by atoms with Gasteiger partial charge in [-0.2, -0.15) is 0 Å². The molecule has 0 aliphatic rings. The van der Waals surface area contributed by atoms with Gasteiger partial charge in [-0.1, -0.05) is 13.3 Å². The Morgan fingerprint density at radius 2 is 2.00 bits per heavy atom. The van der Waals surface area contributed by atoms with Crippen LogP contribution in [0.25, 0.3) is 0 Å². The minimum atomic E-state index is -0.856. The van der Waals surface area contributed by atoms with Gasteiger partial charge in [0.1, 0.15) is 0 Å². The normalized spacial score (nSPS) is 9.29. The Bertz CT molecular complexity index is 311. The monoisotopic (exact) mass is 240 g/mol. The lowest BCUT2D eigenvalue weighted by Gasteiger charge is -2.03. The van der Waals surface area contributed by atoms with E-state index in [2.05, 4.69) is 5.73 Å². The Kier molecular flexibility index (Phi) is 8.79. The molecule has 0 unspecified atom stereocenters. The van der Waals surface area contributed by atoms with E-state index in [9.17, 15) is 9.59 Å². The van der Waals surface area contributed by atoms with Crippen LogP contribution in [-0.4, -0.2) is 23.7 Å². The van der Waals surface area contributed by atoms with Crippen LogP contribution in [-0.2, 0) is 14.3 Å². The number of ether oxygens (including phenoxy) is 1. The molecule has 0 rings (SSSR count). The van der Waals surface area contributed by atoms with Crippen molar-refractivity contribution >= 4 is 11.9 Å². The van der Waals surface area contributed by atoms with Crippen molar-refractivity contribution in [1.29, 1.82) is 0 Å². The topological polar surface area (TPSA) is 63.6 Å². The van der Waals surface area contributed by atoms with Crippen LogP contribution >= 0.6 is 0 Å². The molecular weight excluding hydrogens is 220 g/mol. The molecule has 0 atom stereocenters. The molecule has 0 aromatic heterocycles. The van der Waals surface area contributed by atoms with Crippen LogP contribution in [0, 0.1) is 0 Å². The Morgan fingerprint density at radius 3 is 2.53 bits per heavy atom. The quantitative estimate of drug-likeness (QED) is 0.402. The zero-order valence-corrected chi connectivity index (χ0v) is 10.5. The number of carboxylic acids is 1. The van der Waals surface area contributed by atoms with Crippen LogP contribution in [0.15, 0.2) is 17.4 Å². The average Bonchev–Trinajstić information content (AvgIpc) is 2.27. The van der Waals surface area contributed by atoms with E-state index in [0.717, 1.165) is 12.8 Å². The molecule has 0 radical (unpaired) electrons. The highest BCUT2D eigenvalue weighted by Gasteiger charge is 2.10. The molecular formula is C13H20O4. The first-order valence-electron chi connectivity index (χ1n) is 5.94. The Hall–Kier alpha value is -1.54. The highest BCUT2D eigenvalue weighted by molar-refractivity contribution is 5.88. The number of carbonyl (C=O) groups is 2. The summed E-state index contributed by atoms with van der Waals surface area (Å²) in [5.74, 6) is -1.25. The Balaban J connectivity index is 4.45. The van der Waals surface area contributed by atoms with Crippen molar-refractivity contribution in [3.05, 3.63) is 17.4 Å². The molecule has 0 saturated carbocycles. The largest absolute Gasteiger partial charge is 0.481 e. The summed E-state index contributed by atoms with van der Waals surface area (Å²) >= 11 is 0. The number of esters is 1. The second-order valence-corrected chi connectivity index (χ2v) is 3.58. The van der Waals surface area contributed by atoms with E-state index in [1.54, 1.807) is 13.0 Å². The molecule has 0 spiro atoms. The average molecular weight is 240 g/mol. The van der Waals surface area contributed by atoms with E-state index in [4.69, 9.17) is 9.84 Å². The van der Waals surface area contributed by atoms with E-state index in [1.165, 1.54) is 0 Å². The van der Waals surface area contributed by atoms with E-state index in [0.29, 0.717) is 25.0 Å². The lowest BCUT2D eigenvalue weighted by Crippen LogP contribution is -2.07. The minimum Gasteiger partial charge on any atom is -0.481 e. The highest BCUT2D eigenvalue weighted by atomic mass is 16.5. The molecule has 17 heavy (non-hydrogen) atoms. The Morgan fingerprint density at radius 1 is 1.29 bits per heavy atom. The first-order chi connectivity index (χ1) is 8.11. The Labute approximate surface area is 102 Å². The molecule has 0 heterocycles. The predicted octanol–water partition coefficient (Wildman–Crippen LogP) is 2.69. The first-order valence-corrected chi connectivity index (χ1v) is 5.94. The van der Waals surface area contributed by atoms with Gasteiger partial charge >= 0.3 is 11.9 Å². The third kappa shape index (κ3) is 8.29. The molecule has 0 amide bonds. The van der Waals surface area contributed by atoms with Gasteiger partial charge in [-0.3, -0.25) is 4.79 Å². The van der Waals surface area contributed by atoms with Crippen LogP contribution in [0.4, 0.5) is 0 Å². The maximum atomic E-state index is 11.5. The summed E-state index contributed by atoms with van der Waals surface area (Å²) in [4.78, 5) is 21.9.